The molecule has 0 bridgehead atoms. The summed E-state index contributed by atoms with van der Waals surface area (Å²) >= 11 is 4.31. The van der Waals surface area contributed by atoms with E-state index < -0.39 is 11.1 Å². The Kier molecular flexibility index (Phi) is 7.46. The maximum Gasteiger partial charge on any atom is 0.294 e. The van der Waals surface area contributed by atoms with Crippen LogP contribution in [0.25, 0.3) is 6.08 Å². The van der Waals surface area contributed by atoms with Gasteiger partial charge in [-0.1, -0.05) is 22.9 Å². The largest absolute Gasteiger partial charge is 0.493 e. The monoisotopic (exact) mass is 496 g/mol. The highest BCUT2D eigenvalue weighted by Crippen LogP contribution is 2.38. The molecule has 0 N–H and O–H groups in total. The number of imide groups is 1. The van der Waals surface area contributed by atoms with Crippen LogP contribution in [0, 0.1) is 5.92 Å². The lowest BCUT2D eigenvalue weighted by Crippen LogP contribution is -2.45. The highest BCUT2D eigenvalue weighted by Gasteiger charge is 2.37. The molecule has 0 spiro atoms. The molecule has 2 aliphatic rings. The third-order valence-corrected chi connectivity index (χ3v) is 6.77. The molecule has 0 aromatic heterocycles. The summed E-state index contributed by atoms with van der Waals surface area (Å²) < 4.78 is 11.6. The highest BCUT2D eigenvalue weighted by molar-refractivity contribution is 9.10. The summed E-state index contributed by atoms with van der Waals surface area (Å²) in [5.41, 5.74) is 0.678. The second-order valence-electron chi connectivity index (χ2n) is 7.29. The fourth-order valence-corrected chi connectivity index (χ4v) is 4.63. The van der Waals surface area contributed by atoms with E-state index in [1.807, 2.05) is 6.92 Å². The molecular weight excluding hydrogens is 472 g/mol. The zero-order chi connectivity index (χ0) is 21.8. The van der Waals surface area contributed by atoms with Crippen LogP contribution in [0.4, 0.5) is 4.79 Å². The van der Waals surface area contributed by atoms with Gasteiger partial charge < -0.3 is 14.4 Å². The quantitative estimate of drug-likeness (QED) is 0.550. The van der Waals surface area contributed by atoms with E-state index in [2.05, 4.69) is 22.9 Å². The summed E-state index contributed by atoms with van der Waals surface area (Å²) in [6.07, 6.45) is 3.52. The molecule has 7 nitrogen and oxygen atoms in total. The Morgan fingerprint density at radius 2 is 1.97 bits per heavy atom. The van der Waals surface area contributed by atoms with Gasteiger partial charge in [-0.3, -0.25) is 19.3 Å². The van der Waals surface area contributed by atoms with Gasteiger partial charge in [0.15, 0.2) is 11.5 Å². The fraction of sp³-hybridized carbons (Fsp3) is 0.476. The number of nitrogens with zero attached hydrogens (tertiary/aromatic N) is 2. The topological polar surface area (TPSA) is 76.2 Å². The molecule has 1 aromatic carbocycles. The number of piperidine rings is 1. The van der Waals surface area contributed by atoms with Crippen LogP contribution >= 0.6 is 27.7 Å². The summed E-state index contributed by atoms with van der Waals surface area (Å²) in [5.74, 6) is 1.07. The maximum absolute atomic E-state index is 12.8. The number of carbonyl (C=O) groups is 3. The van der Waals surface area contributed by atoms with Crippen molar-refractivity contribution in [3.05, 3.63) is 27.1 Å². The fourth-order valence-electron chi connectivity index (χ4n) is 3.36. The molecule has 0 aliphatic carbocycles. The lowest BCUT2D eigenvalue weighted by Gasteiger charge is -2.31. The lowest BCUT2D eigenvalue weighted by atomic mass is 9.99. The van der Waals surface area contributed by atoms with Crippen LogP contribution in [0.5, 0.6) is 11.5 Å². The van der Waals surface area contributed by atoms with Crippen LogP contribution in [0.15, 0.2) is 21.5 Å². The van der Waals surface area contributed by atoms with Crippen LogP contribution in [-0.4, -0.2) is 60.2 Å². The molecule has 3 amide bonds. The van der Waals surface area contributed by atoms with Gasteiger partial charge in [0.1, 0.15) is 6.54 Å². The Morgan fingerprint density at radius 1 is 1.27 bits per heavy atom. The molecule has 1 aromatic rings. The van der Waals surface area contributed by atoms with Crippen molar-refractivity contribution in [1.29, 1.82) is 0 Å². The second kappa shape index (κ2) is 9.87. The van der Waals surface area contributed by atoms with E-state index >= 15 is 0 Å². The minimum absolute atomic E-state index is 0.186. The number of hydrogen-bond donors (Lipinski definition) is 0. The molecular formula is C21H25BrN2O5S. The number of hydrogen-bond acceptors (Lipinski definition) is 6. The highest BCUT2D eigenvalue weighted by atomic mass is 79.9. The van der Waals surface area contributed by atoms with Gasteiger partial charge in [0.05, 0.1) is 18.6 Å². The molecule has 0 radical (unpaired) electrons. The van der Waals surface area contributed by atoms with Gasteiger partial charge in [-0.25, -0.2) is 0 Å². The Balaban J connectivity index is 1.75. The Hall–Kier alpha value is -2.00. The van der Waals surface area contributed by atoms with Crippen molar-refractivity contribution >= 4 is 50.8 Å². The molecule has 3 rings (SSSR count). The van der Waals surface area contributed by atoms with Crippen molar-refractivity contribution in [3.8, 4) is 11.5 Å². The zero-order valence-corrected chi connectivity index (χ0v) is 19.7. The minimum Gasteiger partial charge on any atom is -0.493 e. The van der Waals surface area contributed by atoms with Crippen molar-refractivity contribution < 1.29 is 23.9 Å². The molecule has 0 unspecified atom stereocenters. The van der Waals surface area contributed by atoms with Crippen LogP contribution in [0.2, 0.25) is 0 Å². The SMILES string of the molecule is CCOc1cc(Br)c(/C=C2\SC(=O)N(CC(=O)N3CCC(C)CC3)C2=O)cc1OC. The summed E-state index contributed by atoms with van der Waals surface area (Å²) in [5, 5.41) is -0.431. The average Bonchev–Trinajstić information content (AvgIpc) is 2.98. The predicted molar refractivity (Wildman–Crippen MR) is 120 cm³/mol. The van der Waals surface area contributed by atoms with Crippen molar-refractivity contribution in [2.24, 2.45) is 5.92 Å². The predicted octanol–water partition coefficient (Wildman–Crippen LogP) is 4.15. The van der Waals surface area contributed by atoms with E-state index in [0.29, 0.717) is 47.1 Å². The second-order valence-corrected chi connectivity index (χ2v) is 9.14. The van der Waals surface area contributed by atoms with Crippen molar-refractivity contribution in [3.63, 3.8) is 0 Å². The summed E-state index contributed by atoms with van der Waals surface area (Å²) in [6, 6.07) is 3.50. The van der Waals surface area contributed by atoms with Crippen molar-refractivity contribution in [2.45, 2.75) is 26.7 Å². The van der Waals surface area contributed by atoms with E-state index in [4.69, 9.17) is 9.47 Å². The van der Waals surface area contributed by atoms with E-state index in [-0.39, 0.29) is 17.4 Å². The van der Waals surface area contributed by atoms with Crippen LogP contribution in [-0.2, 0) is 9.59 Å². The summed E-state index contributed by atoms with van der Waals surface area (Å²) in [7, 11) is 1.54. The molecule has 2 aliphatic heterocycles. The molecule has 2 fully saturated rings. The van der Waals surface area contributed by atoms with Gasteiger partial charge in [0, 0.05) is 17.6 Å². The number of likely N-dealkylation sites (tertiary alicyclic amines) is 1. The third kappa shape index (κ3) is 5.00. The van der Waals surface area contributed by atoms with Crippen LogP contribution in [0.1, 0.15) is 32.3 Å². The third-order valence-electron chi connectivity index (χ3n) is 5.17. The first-order valence-corrected chi connectivity index (χ1v) is 11.5. The zero-order valence-electron chi connectivity index (χ0n) is 17.3. The number of carbonyl (C=O) groups excluding carboxylic acids is 3. The Labute approximate surface area is 188 Å². The maximum atomic E-state index is 12.8. The van der Waals surface area contributed by atoms with E-state index in [1.54, 1.807) is 23.1 Å². The van der Waals surface area contributed by atoms with Crippen molar-refractivity contribution in [2.75, 3.05) is 33.4 Å². The number of ether oxygens (including phenoxy) is 2. The smallest absolute Gasteiger partial charge is 0.294 e. The number of methoxy groups -OCH3 is 1. The van der Waals surface area contributed by atoms with Gasteiger partial charge in [-0.15, -0.1) is 0 Å². The number of rotatable bonds is 6. The number of benzene rings is 1. The molecule has 0 saturated carbocycles. The summed E-state index contributed by atoms with van der Waals surface area (Å²) in [4.78, 5) is 40.8. The Bertz CT molecular complexity index is 880. The van der Waals surface area contributed by atoms with Gasteiger partial charge in [-0.05, 0) is 61.2 Å². The molecule has 2 saturated heterocycles. The first kappa shape index (κ1) is 22.7. The molecule has 30 heavy (non-hydrogen) atoms. The first-order valence-electron chi connectivity index (χ1n) is 9.87. The van der Waals surface area contributed by atoms with Gasteiger partial charge in [-0.2, -0.15) is 0 Å². The molecule has 2 heterocycles. The average molecular weight is 497 g/mol. The van der Waals surface area contributed by atoms with E-state index in [9.17, 15) is 14.4 Å². The normalized spacial score (nSPS) is 19.0. The summed E-state index contributed by atoms with van der Waals surface area (Å²) in [6.45, 7) is 5.66. The Morgan fingerprint density at radius 3 is 2.60 bits per heavy atom. The number of halogens is 1. The van der Waals surface area contributed by atoms with Gasteiger partial charge >= 0.3 is 0 Å². The molecule has 9 heteroatoms. The van der Waals surface area contributed by atoms with Gasteiger partial charge in [0.25, 0.3) is 11.1 Å². The molecule has 162 valence electrons. The molecule has 0 atom stereocenters. The first-order chi connectivity index (χ1) is 14.3. The van der Waals surface area contributed by atoms with Crippen LogP contribution < -0.4 is 9.47 Å². The minimum atomic E-state index is -0.455. The standard InChI is InChI=1S/C21H25BrN2O5S/c1-4-29-17-11-15(22)14(9-16(17)28-3)10-18-20(26)24(21(27)30-18)12-19(25)23-7-5-13(2)6-8-23/h9-11,13H,4-8,12H2,1-3H3/b18-10-. The number of amides is 3. The van der Waals surface area contributed by atoms with Gasteiger partial charge in [0.2, 0.25) is 5.91 Å². The van der Waals surface area contributed by atoms with E-state index in [1.165, 1.54) is 7.11 Å². The van der Waals surface area contributed by atoms with E-state index in [0.717, 1.165) is 29.5 Å². The lowest BCUT2D eigenvalue weighted by molar-refractivity contribution is -0.136. The van der Waals surface area contributed by atoms with Crippen molar-refractivity contribution in [1.82, 2.24) is 9.80 Å². The van der Waals surface area contributed by atoms with Crippen LogP contribution in [0.3, 0.4) is 0 Å². The number of thioether (sulfide) groups is 1.